The molecule has 6 nitrogen and oxygen atoms in total. The molecule has 2 unspecified atom stereocenters. The van der Waals surface area contributed by atoms with Crippen molar-refractivity contribution in [1.82, 2.24) is 15.0 Å². The van der Waals surface area contributed by atoms with Crippen molar-refractivity contribution in [3.8, 4) is 6.01 Å². The number of nitrogens with one attached hydrogen (secondary N) is 1. The molecule has 1 saturated carbocycles. The Morgan fingerprint density at radius 2 is 2.24 bits per heavy atom. The fourth-order valence-corrected chi connectivity index (χ4v) is 2.31. The number of anilines is 1. The Morgan fingerprint density at radius 3 is 2.94 bits per heavy atom. The van der Waals surface area contributed by atoms with Gasteiger partial charge in [-0.15, -0.1) is 0 Å². The molecule has 1 aliphatic carbocycles. The van der Waals surface area contributed by atoms with E-state index in [0.717, 1.165) is 12.8 Å². The van der Waals surface area contributed by atoms with Gasteiger partial charge in [0.05, 0.1) is 7.11 Å². The zero-order chi connectivity index (χ0) is 12.3. The van der Waals surface area contributed by atoms with E-state index in [9.17, 15) is 0 Å². The number of methoxy groups -OCH3 is 1. The average molecular weight is 258 g/mol. The summed E-state index contributed by atoms with van der Waals surface area (Å²) >= 11 is 5.78. The van der Waals surface area contributed by atoms with E-state index >= 15 is 0 Å². The number of rotatable bonds is 4. The van der Waals surface area contributed by atoms with Crippen LogP contribution in [0.25, 0.3) is 0 Å². The Balaban J connectivity index is 2.09. The second-order valence-corrected chi connectivity index (χ2v) is 4.43. The quantitative estimate of drug-likeness (QED) is 0.839. The minimum absolute atomic E-state index is 0.127. The lowest BCUT2D eigenvalue weighted by atomic mass is 10.0. The first-order valence-electron chi connectivity index (χ1n) is 5.65. The molecule has 7 heteroatoms. The Hall–Kier alpha value is -1.14. The Labute approximate surface area is 105 Å². The van der Waals surface area contributed by atoms with Crippen LogP contribution in [0.4, 0.5) is 5.95 Å². The fourth-order valence-electron chi connectivity index (χ4n) is 2.16. The fraction of sp³-hybridized carbons (Fsp3) is 0.700. The summed E-state index contributed by atoms with van der Waals surface area (Å²) in [4.78, 5) is 12.0. The number of nitrogens with zero attached hydrogens (tertiary/aromatic N) is 3. The number of nitrogens with two attached hydrogens (primary N) is 1. The molecule has 1 aromatic heterocycles. The van der Waals surface area contributed by atoms with Crippen molar-refractivity contribution in [2.45, 2.75) is 25.3 Å². The zero-order valence-electron chi connectivity index (χ0n) is 9.69. The van der Waals surface area contributed by atoms with Crippen LogP contribution in [-0.2, 0) is 0 Å². The molecule has 94 valence electrons. The van der Waals surface area contributed by atoms with Gasteiger partial charge in [-0.1, -0.05) is 6.42 Å². The third-order valence-corrected chi connectivity index (χ3v) is 3.22. The van der Waals surface area contributed by atoms with Crippen molar-refractivity contribution < 1.29 is 4.74 Å². The predicted molar refractivity (Wildman–Crippen MR) is 65.2 cm³/mol. The van der Waals surface area contributed by atoms with E-state index in [1.54, 1.807) is 0 Å². The first kappa shape index (κ1) is 12.3. The van der Waals surface area contributed by atoms with Gasteiger partial charge >= 0.3 is 6.01 Å². The molecule has 0 radical (unpaired) electrons. The lowest BCUT2D eigenvalue weighted by molar-refractivity contribution is 0.378. The molecule has 0 amide bonds. The first-order valence-corrected chi connectivity index (χ1v) is 6.03. The van der Waals surface area contributed by atoms with Gasteiger partial charge in [-0.2, -0.15) is 15.0 Å². The summed E-state index contributed by atoms with van der Waals surface area (Å²) in [6.07, 6.45) is 3.40. The highest BCUT2D eigenvalue weighted by Gasteiger charge is 2.26. The number of aromatic nitrogens is 3. The van der Waals surface area contributed by atoms with E-state index in [-0.39, 0.29) is 11.3 Å². The van der Waals surface area contributed by atoms with Crippen molar-refractivity contribution in [3.05, 3.63) is 5.28 Å². The monoisotopic (exact) mass is 257 g/mol. The predicted octanol–water partition coefficient (Wildman–Crippen LogP) is 1.07. The molecule has 1 heterocycles. The Kier molecular flexibility index (Phi) is 3.96. The van der Waals surface area contributed by atoms with Gasteiger partial charge in [0.15, 0.2) is 0 Å². The van der Waals surface area contributed by atoms with E-state index in [4.69, 9.17) is 22.1 Å². The summed E-state index contributed by atoms with van der Waals surface area (Å²) in [6, 6.07) is 0.526. The lowest BCUT2D eigenvalue weighted by Gasteiger charge is -2.19. The number of hydrogen-bond acceptors (Lipinski definition) is 6. The topological polar surface area (TPSA) is 86.0 Å². The number of halogens is 1. The highest BCUT2D eigenvalue weighted by atomic mass is 35.5. The molecule has 2 rings (SSSR count). The Bertz CT molecular complexity index is 389. The van der Waals surface area contributed by atoms with Crippen molar-refractivity contribution in [1.29, 1.82) is 0 Å². The van der Waals surface area contributed by atoms with E-state index in [0.29, 0.717) is 24.5 Å². The largest absolute Gasteiger partial charge is 0.467 e. The van der Waals surface area contributed by atoms with Gasteiger partial charge < -0.3 is 15.8 Å². The van der Waals surface area contributed by atoms with E-state index in [1.807, 2.05) is 0 Å². The summed E-state index contributed by atoms with van der Waals surface area (Å²) in [5.41, 5.74) is 5.72. The molecule has 0 saturated heterocycles. The van der Waals surface area contributed by atoms with E-state index in [2.05, 4.69) is 20.3 Å². The minimum Gasteiger partial charge on any atom is -0.467 e. The van der Waals surface area contributed by atoms with Crippen molar-refractivity contribution >= 4 is 17.5 Å². The van der Waals surface area contributed by atoms with E-state index < -0.39 is 0 Å². The molecule has 0 bridgehead atoms. The van der Waals surface area contributed by atoms with Crippen LogP contribution < -0.4 is 15.8 Å². The SMILES string of the molecule is COc1nc(Cl)nc(NC2CCCC2CN)n1. The van der Waals surface area contributed by atoms with Crippen molar-refractivity contribution in [3.63, 3.8) is 0 Å². The normalized spacial score (nSPS) is 23.7. The molecule has 0 spiro atoms. The molecule has 0 aliphatic heterocycles. The molecule has 3 N–H and O–H groups in total. The number of ether oxygens (including phenoxy) is 1. The molecular weight excluding hydrogens is 242 g/mol. The standard InChI is InChI=1S/C10H16ClN5O/c1-17-10-15-8(11)14-9(16-10)13-7-4-2-3-6(7)5-12/h6-7H,2-5,12H2,1H3,(H,13,14,15,16). The van der Waals surface area contributed by atoms with E-state index in [1.165, 1.54) is 13.5 Å². The summed E-state index contributed by atoms with van der Waals surface area (Å²) in [6.45, 7) is 0.674. The maximum Gasteiger partial charge on any atom is 0.322 e. The van der Waals surface area contributed by atoms with Crippen LogP contribution in [0.3, 0.4) is 0 Å². The second kappa shape index (κ2) is 5.46. The Morgan fingerprint density at radius 1 is 1.41 bits per heavy atom. The van der Waals surface area contributed by atoms with Crippen LogP contribution in [0.1, 0.15) is 19.3 Å². The number of hydrogen-bond donors (Lipinski definition) is 2. The van der Waals surface area contributed by atoms with Crippen LogP contribution >= 0.6 is 11.6 Å². The molecule has 0 aromatic carbocycles. The highest BCUT2D eigenvalue weighted by Crippen LogP contribution is 2.27. The van der Waals surface area contributed by atoms with Gasteiger partial charge in [0.1, 0.15) is 0 Å². The van der Waals surface area contributed by atoms with Crippen LogP contribution in [-0.4, -0.2) is 34.6 Å². The van der Waals surface area contributed by atoms with Gasteiger partial charge in [-0.05, 0) is 36.9 Å². The highest BCUT2D eigenvalue weighted by molar-refractivity contribution is 6.28. The van der Waals surface area contributed by atoms with Gasteiger partial charge in [0.25, 0.3) is 0 Å². The molecule has 1 aliphatic rings. The maximum absolute atomic E-state index is 5.78. The van der Waals surface area contributed by atoms with Gasteiger partial charge in [0.2, 0.25) is 11.2 Å². The van der Waals surface area contributed by atoms with Crippen LogP contribution in [0.5, 0.6) is 6.01 Å². The third kappa shape index (κ3) is 2.95. The molecular formula is C10H16ClN5O. The average Bonchev–Trinajstić information content (AvgIpc) is 2.75. The maximum atomic E-state index is 5.78. The lowest BCUT2D eigenvalue weighted by Crippen LogP contribution is -2.30. The van der Waals surface area contributed by atoms with Crippen LogP contribution in [0.15, 0.2) is 0 Å². The van der Waals surface area contributed by atoms with Gasteiger partial charge in [-0.25, -0.2) is 0 Å². The second-order valence-electron chi connectivity index (χ2n) is 4.09. The summed E-state index contributed by atoms with van der Waals surface area (Å²) < 4.78 is 4.94. The first-order chi connectivity index (χ1) is 8.22. The van der Waals surface area contributed by atoms with Crippen LogP contribution in [0.2, 0.25) is 5.28 Å². The van der Waals surface area contributed by atoms with Gasteiger partial charge in [-0.3, -0.25) is 0 Å². The van der Waals surface area contributed by atoms with Gasteiger partial charge in [0, 0.05) is 6.04 Å². The summed E-state index contributed by atoms with van der Waals surface area (Å²) in [5, 5.41) is 3.38. The minimum atomic E-state index is 0.127. The molecule has 2 atom stereocenters. The zero-order valence-corrected chi connectivity index (χ0v) is 10.4. The summed E-state index contributed by atoms with van der Waals surface area (Å²) in [5.74, 6) is 0.920. The van der Waals surface area contributed by atoms with Crippen molar-refractivity contribution in [2.24, 2.45) is 11.7 Å². The summed E-state index contributed by atoms with van der Waals surface area (Å²) in [7, 11) is 1.49. The molecule has 1 fully saturated rings. The molecule has 17 heavy (non-hydrogen) atoms. The molecule has 1 aromatic rings. The smallest absolute Gasteiger partial charge is 0.322 e. The van der Waals surface area contributed by atoms with Crippen LogP contribution in [0, 0.1) is 5.92 Å². The third-order valence-electron chi connectivity index (χ3n) is 3.05. The van der Waals surface area contributed by atoms with Crippen molar-refractivity contribution in [2.75, 3.05) is 19.0 Å².